The van der Waals surface area contributed by atoms with Gasteiger partial charge in [0.1, 0.15) is 0 Å². The summed E-state index contributed by atoms with van der Waals surface area (Å²) in [6, 6.07) is 17.5. The second kappa shape index (κ2) is 8.26. The lowest BCUT2D eigenvalue weighted by atomic mass is 9.94. The number of hydrogen-bond acceptors (Lipinski definition) is 3. The van der Waals surface area contributed by atoms with Crippen molar-refractivity contribution in [3.8, 4) is 0 Å². The smallest absolute Gasteiger partial charge is 0.308 e. The van der Waals surface area contributed by atoms with E-state index in [0.717, 1.165) is 5.56 Å². The molecule has 0 aliphatic rings. The third-order valence-electron chi connectivity index (χ3n) is 3.92. The van der Waals surface area contributed by atoms with Crippen molar-refractivity contribution in [1.82, 2.24) is 5.32 Å². The molecule has 0 saturated carbocycles. The summed E-state index contributed by atoms with van der Waals surface area (Å²) in [5, 5.41) is 12.2. The Morgan fingerprint density at radius 2 is 1.46 bits per heavy atom. The minimum atomic E-state index is -0.974. The van der Waals surface area contributed by atoms with E-state index in [2.05, 4.69) is 5.32 Å². The monoisotopic (exact) mass is 327 g/mol. The minimum Gasteiger partial charge on any atom is -0.481 e. The van der Waals surface area contributed by atoms with Gasteiger partial charge < -0.3 is 15.2 Å². The van der Waals surface area contributed by atoms with Gasteiger partial charge in [-0.15, -0.1) is 0 Å². The summed E-state index contributed by atoms with van der Waals surface area (Å²) in [6.07, 6.45) is -0.793. The lowest BCUT2D eigenvalue weighted by Crippen LogP contribution is -2.38. The van der Waals surface area contributed by atoms with Gasteiger partial charge in [-0.2, -0.15) is 0 Å². The number of rotatable bonds is 7. The van der Waals surface area contributed by atoms with Gasteiger partial charge in [0, 0.05) is 7.11 Å². The van der Waals surface area contributed by atoms with Crippen LogP contribution in [0.2, 0.25) is 0 Å². The van der Waals surface area contributed by atoms with Crippen molar-refractivity contribution in [1.29, 1.82) is 0 Å². The Hall–Kier alpha value is -2.66. The maximum atomic E-state index is 12.7. The van der Waals surface area contributed by atoms with Crippen LogP contribution in [0.5, 0.6) is 0 Å². The fourth-order valence-corrected chi connectivity index (χ4v) is 2.55. The second-order valence-electron chi connectivity index (χ2n) is 5.55. The first kappa shape index (κ1) is 17.7. The Labute approximate surface area is 141 Å². The SMILES string of the molecule is COC(C(=O)NC(c1ccccc1)C(C)C(=O)O)c1ccccc1. The van der Waals surface area contributed by atoms with Gasteiger partial charge in [0.25, 0.3) is 5.91 Å². The molecule has 0 bridgehead atoms. The number of ether oxygens (including phenoxy) is 1. The maximum absolute atomic E-state index is 12.7. The third kappa shape index (κ3) is 4.20. The molecule has 3 unspecified atom stereocenters. The summed E-state index contributed by atoms with van der Waals surface area (Å²) in [6.45, 7) is 1.57. The number of hydrogen-bond donors (Lipinski definition) is 2. The van der Waals surface area contributed by atoms with Crippen molar-refractivity contribution in [2.75, 3.05) is 7.11 Å². The molecule has 5 heteroatoms. The van der Waals surface area contributed by atoms with Gasteiger partial charge in [0.15, 0.2) is 6.10 Å². The zero-order chi connectivity index (χ0) is 17.5. The van der Waals surface area contributed by atoms with E-state index >= 15 is 0 Å². The Balaban J connectivity index is 2.25. The molecular formula is C19H21NO4. The second-order valence-corrected chi connectivity index (χ2v) is 5.55. The van der Waals surface area contributed by atoms with Crippen molar-refractivity contribution in [2.24, 2.45) is 5.92 Å². The molecule has 0 radical (unpaired) electrons. The Bertz CT molecular complexity index is 672. The Morgan fingerprint density at radius 3 is 1.92 bits per heavy atom. The van der Waals surface area contributed by atoms with Crippen LogP contribution < -0.4 is 5.32 Å². The predicted molar refractivity (Wildman–Crippen MR) is 90.3 cm³/mol. The van der Waals surface area contributed by atoms with E-state index in [4.69, 9.17) is 4.74 Å². The van der Waals surface area contributed by atoms with Crippen LogP contribution >= 0.6 is 0 Å². The van der Waals surface area contributed by atoms with Gasteiger partial charge in [-0.3, -0.25) is 9.59 Å². The largest absolute Gasteiger partial charge is 0.481 e. The van der Waals surface area contributed by atoms with Crippen molar-refractivity contribution in [3.63, 3.8) is 0 Å². The lowest BCUT2D eigenvalue weighted by molar-refractivity contribution is -0.143. The van der Waals surface area contributed by atoms with Crippen LogP contribution in [-0.2, 0) is 14.3 Å². The molecule has 1 amide bonds. The molecule has 0 aromatic heterocycles. The summed E-state index contributed by atoms with van der Waals surface area (Å²) >= 11 is 0. The third-order valence-corrected chi connectivity index (χ3v) is 3.92. The summed E-state index contributed by atoms with van der Waals surface area (Å²) < 4.78 is 5.32. The Morgan fingerprint density at radius 1 is 0.958 bits per heavy atom. The summed E-state index contributed by atoms with van der Waals surface area (Å²) in [5.74, 6) is -2.12. The molecule has 5 nitrogen and oxygen atoms in total. The number of nitrogens with one attached hydrogen (secondary N) is 1. The standard InChI is InChI=1S/C19H21NO4/c1-13(19(22)23)16(14-9-5-3-6-10-14)20-18(21)17(24-2)15-11-7-4-8-12-15/h3-13,16-17H,1-2H3,(H,20,21)(H,22,23). The van der Waals surface area contributed by atoms with Crippen LogP contribution in [0.15, 0.2) is 60.7 Å². The van der Waals surface area contributed by atoms with Crippen LogP contribution in [0.3, 0.4) is 0 Å². The van der Waals surface area contributed by atoms with Crippen LogP contribution in [0.25, 0.3) is 0 Å². The number of benzene rings is 2. The van der Waals surface area contributed by atoms with Crippen LogP contribution in [0.1, 0.15) is 30.2 Å². The average Bonchev–Trinajstić information content (AvgIpc) is 2.61. The van der Waals surface area contributed by atoms with Crippen molar-refractivity contribution >= 4 is 11.9 Å². The van der Waals surface area contributed by atoms with E-state index in [-0.39, 0.29) is 5.91 Å². The van der Waals surface area contributed by atoms with Crippen LogP contribution in [-0.4, -0.2) is 24.1 Å². The molecule has 0 fully saturated rings. The molecule has 2 aromatic rings. The topological polar surface area (TPSA) is 75.6 Å². The molecule has 3 atom stereocenters. The highest BCUT2D eigenvalue weighted by molar-refractivity contribution is 5.83. The molecule has 0 aliphatic carbocycles. The fourth-order valence-electron chi connectivity index (χ4n) is 2.55. The highest BCUT2D eigenvalue weighted by Gasteiger charge is 2.30. The minimum absolute atomic E-state index is 0.370. The maximum Gasteiger partial charge on any atom is 0.308 e. The Kier molecular flexibility index (Phi) is 6.09. The van der Waals surface area contributed by atoms with E-state index in [0.29, 0.717) is 5.56 Å². The van der Waals surface area contributed by atoms with Crippen LogP contribution in [0, 0.1) is 5.92 Å². The number of carboxylic acids is 1. The highest BCUT2D eigenvalue weighted by Crippen LogP contribution is 2.24. The number of carbonyl (C=O) groups excluding carboxylic acids is 1. The number of carboxylic acid groups (broad SMARTS) is 1. The molecule has 0 saturated heterocycles. The molecule has 0 aliphatic heterocycles. The zero-order valence-electron chi connectivity index (χ0n) is 13.7. The van der Waals surface area contributed by atoms with Gasteiger partial charge in [-0.25, -0.2) is 0 Å². The van der Waals surface area contributed by atoms with Gasteiger partial charge in [-0.1, -0.05) is 60.7 Å². The zero-order valence-corrected chi connectivity index (χ0v) is 13.7. The molecule has 2 aromatic carbocycles. The number of carbonyl (C=O) groups is 2. The van der Waals surface area contributed by atoms with Crippen molar-refractivity contribution in [2.45, 2.75) is 19.1 Å². The molecule has 126 valence electrons. The first-order chi connectivity index (χ1) is 11.5. The fraction of sp³-hybridized carbons (Fsp3) is 0.263. The first-order valence-electron chi connectivity index (χ1n) is 7.70. The van der Waals surface area contributed by atoms with E-state index in [1.54, 1.807) is 31.2 Å². The molecule has 2 rings (SSSR count). The van der Waals surface area contributed by atoms with Crippen molar-refractivity contribution in [3.05, 3.63) is 71.8 Å². The number of methoxy groups -OCH3 is 1. The van der Waals surface area contributed by atoms with Gasteiger partial charge in [0.2, 0.25) is 0 Å². The van der Waals surface area contributed by atoms with E-state index in [1.165, 1.54) is 7.11 Å². The lowest BCUT2D eigenvalue weighted by Gasteiger charge is -2.25. The number of aliphatic carboxylic acids is 1. The summed E-state index contributed by atoms with van der Waals surface area (Å²) in [4.78, 5) is 24.1. The number of amides is 1. The first-order valence-corrected chi connectivity index (χ1v) is 7.70. The van der Waals surface area contributed by atoms with Crippen LogP contribution in [0.4, 0.5) is 0 Å². The molecular weight excluding hydrogens is 306 g/mol. The van der Waals surface area contributed by atoms with E-state index in [9.17, 15) is 14.7 Å². The van der Waals surface area contributed by atoms with Crippen molar-refractivity contribution < 1.29 is 19.4 Å². The molecule has 0 spiro atoms. The quantitative estimate of drug-likeness (QED) is 0.820. The van der Waals surface area contributed by atoms with Gasteiger partial charge >= 0.3 is 5.97 Å². The predicted octanol–water partition coefficient (Wildman–Crippen LogP) is 2.95. The highest BCUT2D eigenvalue weighted by atomic mass is 16.5. The molecule has 2 N–H and O–H groups in total. The summed E-state index contributed by atoms with van der Waals surface area (Å²) in [5.41, 5.74) is 1.45. The van der Waals surface area contributed by atoms with E-state index in [1.807, 2.05) is 36.4 Å². The molecule has 0 heterocycles. The molecule has 24 heavy (non-hydrogen) atoms. The van der Waals surface area contributed by atoms with Gasteiger partial charge in [0.05, 0.1) is 12.0 Å². The summed E-state index contributed by atoms with van der Waals surface area (Å²) in [7, 11) is 1.45. The average molecular weight is 327 g/mol. The van der Waals surface area contributed by atoms with E-state index < -0.39 is 24.0 Å². The van der Waals surface area contributed by atoms with Gasteiger partial charge in [-0.05, 0) is 18.1 Å². The normalized spacial score (nSPS) is 14.4.